The Morgan fingerprint density at radius 3 is 2.24 bits per heavy atom. The van der Waals surface area contributed by atoms with Crippen LogP contribution in [0.2, 0.25) is 0 Å². The summed E-state index contributed by atoms with van der Waals surface area (Å²) in [5.74, 6) is -2.55. The Labute approximate surface area is 425 Å². The lowest BCUT2D eigenvalue weighted by Gasteiger charge is -2.78. The number of aromatic nitrogens is 2. The molecule has 2 saturated heterocycles. The van der Waals surface area contributed by atoms with Crippen LogP contribution >= 0.6 is 0 Å². The zero-order chi connectivity index (χ0) is 51.6. The van der Waals surface area contributed by atoms with Crippen molar-refractivity contribution >= 4 is 11.9 Å². The fourth-order valence-corrected chi connectivity index (χ4v) is 19.9. The topological polar surface area (TPSA) is 281 Å². The number of carboxylic acids is 1. The highest BCUT2D eigenvalue weighted by atomic mass is 16.7. The van der Waals surface area contributed by atoms with Crippen LogP contribution in [-0.2, 0) is 19.1 Å². The maximum atomic E-state index is 14.9. The number of aliphatic hydroxyl groups excluding tert-OH is 7. The number of rotatable bonds is 13. The highest BCUT2D eigenvalue weighted by Crippen LogP contribution is 2.83. The SMILES string of the molecule is CC1(CO)CCC2(C(=O)O)CCC3(C)C(=CCC4C5(C)C(CC6C(C(CCCN)c7cnc[nH]7)NC(=O)C67CCCC7)C(O)C(OC6OCC(O)C(O)C6O)C(C)(C(O)CO)C5CC5(CCCC5)C43C)C2C1. The number of fused-ring (bicyclic) bond motifs is 8. The maximum absolute atomic E-state index is 14.9. The number of allylic oxidation sites excluding steroid dienone is 2. The fraction of sp³-hybridized carbons (Fsp3) is 0.875. The number of carbonyl (C=O) groups excluding carboxylic acids is 1. The van der Waals surface area contributed by atoms with Gasteiger partial charge in [0.05, 0.1) is 48.7 Å². The molecule has 8 fully saturated rings. The summed E-state index contributed by atoms with van der Waals surface area (Å²) in [5.41, 5.74) is 2.79. The van der Waals surface area contributed by atoms with Crippen molar-refractivity contribution in [3.8, 4) is 0 Å². The van der Waals surface area contributed by atoms with Crippen LogP contribution in [0.1, 0.15) is 162 Å². The second kappa shape index (κ2) is 18.6. The van der Waals surface area contributed by atoms with Crippen molar-refractivity contribution in [2.24, 2.45) is 78.6 Å². The smallest absolute Gasteiger partial charge is 0.310 e. The highest BCUT2D eigenvalue weighted by Gasteiger charge is 2.79. The molecule has 0 radical (unpaired) electrons. The summed E-state index contributed by atoms with van der Waals surface area (Å²) < 4.78 is 12.9. The molecule has 9 aliphatic rings. The molecule has 20 atom stereocenters. The lowest BCUT2D eigenvalue weighted by molar-refractivity contribution is -0.359. The zero-order valence-corrected chi connectivity index (χ0v) is 43.6. The summed E-state index contributed by atoms with van der Waals surface area (Å²) in [6.07, 6.45) is 8.74. The molecule has 7 aliphatic carbocycles. The summed E-state index contributed by atoms with van der Waals surface area (Å²) in [5, 5.41) is 96.6. The average molecular weight is 1010 g/mol. The van der Waals surface area contributed by atoms with Crippen molar-refractivity contribution in [1.82, 2.24) is 15.3 Å². The lowest BCUT2D eigenvalue weighted by Crippen LogP contribution is -2.77. The summed E-state index contributed by atoms with van der Waals surface area (Å²) in [6.45, 7) is 10.7. The molecule has 10 rings (SSSR count). The van der Waals surface area contributed by atoms with E-state index < -0.39 is 105 Å². The number of carboxylic acid groups (broad SMARTS) is 1. The van der Waals surface area contributed by atoms with Gasteiger partial charge in [-0.2, -0.15) is 0 Å². The number of amides is 1. The van der Waals surface area contributed by atoms with Crippen LogP contribution in [0.3, 0.4) is 0 Å². The Morgan fingerprint density at radius 1 is 0.903 bits per heavy atom. The minimum absolute atomic E-state index is 0.0156. The number of aromatic amines is 1. The first-order valence-corrected chi connectivity index (χ1v) is 28.0. The van der Waals surface area contributed by atoms with E-state index in [-0.39, 0.29) is 54.2 Å². The third kappa shape index (κ3) is 7.21. The van der Waals surface area contributed by atoms with E-state index >= 15 is 0 Å². The third-order valence-electron chi connectivity index (χ3n) is 24.1. The van der Waals surface area contributed by atoms with Crippen LogP contribution in [0.25, 0.3) is 0 Å². The molecule has 2 spiro atoms. The lowest BCUT2D eigenvalue weighted by atomic mass is 9.26. The molecule has 3 heterocycles. The number of aliphatic carboxylic acids is 1. The number of aliphatic hydroxyl groups is 7. The monoisotopic (exact) mass is 1010 g/mol. The first-order valence-electron chi connectivity index (χ1n) is 28.0. The molecule has 0 aromatic carbocycles. The number of nitrogens with zero attached hydrogens (tertiary/aromatic N) is 1. The number of imidazole rings is 1. The number of nitrogens with two attached hydrogens (primary N) is 1. The number of H-pyrrole nitrogens is 1. The first-order chi connectivity index (χ1) is 34.1. The van der Waals surface area contributed by atoms with Gasteiger partial charge in [0.25, 0.3) is 0 Å². The summed E-state index contributed by atoms with van der Waals surface area (Å²) >= 11 is 0. The second-order valence-electron chi connectivity index (χ2n) is 26.5. The van der Waals surface area contributed by atoms with Gasteiger partial charge in [-0.1, -0.05) is 72.0 Å². The second-order valence-corrected chi connectivity index (χ2v) is 26.5. The van der Waals surface area contributed by atoms with Crippen molar-refractivity contribution in [3.63, 3.8) is 0 Å². The van der Waals surface area contributed by atoms with Crippen LogP contribution in [0, 0.1) is 72.9 Å². The van der Waals surface area contributed by atoms with Gasteiger partial charge in [0.2, 0.25) is 5.91 Å². The number of carbonyl (C=O) groups is 2. The van der Waals surface area contributed by atoms with Gasteiger partial charge in [0.15, 0.2) is 6.29 Å². The minimum atomic E-state index is -1.68. The van der Waals surface area contributed by atoms with E-state index in [1.54, 1.807) is 6.33 Å². The van der Waals surface area contributed by atoms with Crippen LogP contribution in [0.5, 0.6) is 0 Å². The van der Waals surface area contributed by atoms with Gasteiger partial charge in [-0.15, -0.1) is 0 Å². The number of hydrogen-bond acceptors (Lipinski definition) is 13. The molecule has 2 aliphatic heterocycles. The van der Waals surface area contributed by atoms with Gasteiger partial charge in [-0.3, -0.25) is 9.59 Å². The zero-order valence-electron chi connectivity index (χ0n) is 43.6. The Hall–Kier alpha value is -2.51. The Kier molecular flexibility index (Phi) is 13.7. The molecule has 1 aromatic rings. The molecule has 16 nitrogen and oxygen atoms in total. The molecule has 12 N–H and O–H groups in total. The quantitative estimate of drug-likeness (QED) is 0.0946. The fourth-order valence-electron chi connectivity index (χ4n) is 19.9. The highest BCUT2D eigenvalue weighted by molar-refractivity contribution is 5.86. The predicted octanol–water partition coefficient (Wildman–Crippen LogP) is 4.68. The normalized spacial score (nSPS) is 48.0. The van der Waals surface area contributed by atoms with E-state index in [0.717, 1.165) is 50.6 Å². The third-order valence-corrected chi connectivity index (χ3v) is 24.1. The van der Waals surface area contributed by atoms with Crippen molar-refractivity contribution in [1.29, 1.82) is 0 Å². The molecule has 6 saturated carbocycles. The van der Waals surface area contributed by atoms with E-state index in [1.165, 1.54) is 5.57 Å². The van der Waals surface area contributed by atoms with Gasteiger partial charge in [0, 0.05) is 35.9 Å². The van der Waals surface area contributed by atoms with Gasteiger partial charge in [-0.05, 0) is 153 Å². The molecule has 16 heteroatoms. The van der Waals surface area contributed by atoms with Crippen molar-refractivity contribution < 1.29 is 59.9 Å². The summed E-state index contributed by atoms with van der Waals surface area (Å²) in [4.78, 5) is 36.5. The molecule has 1 aromatic heterocycles. The van der Waals surface area contributed by atoms with Gasteiger partial charge >= 0.3 is 5.97 Å². The molecule has 404 valence electrons. The molecule has 20 unspecified atom stereocenters. The Morgan fingerprint density at radius 2 is 1.60 bits per heavy atom. The Bertz CT molecular complexity index is 2200. The van der Waals surface area contributed by atoms with Gasteiger partial charge in [-0.25, -0.2) is 4.98 Å². The van der Waals surface area contributed by atoms with Crippen LogP contribution < -0.4 is 11.1 Å². The van der Waals surface area contributed by atoms with E-state index in [0.29, 0.717) is 77.2 Å². The van der Waals surface area contributed by atoms with Gasteiger partial charge < -0.3 is 66.4 Å². The standard InChI is InChI=1S/C56H88N4O12/c1-49(29-62)18-20-56(48(69)70)21-19-50(2)32(35(56)24-49)12-13-38-51(3)34(23-33-41(60-47(68)55(33)16-8-9-17-55)31(11-10-22-57)36-26-58-30-59-36)42(65)45(72-46-44(67)43(66)37(63)28-71-46)52(4,40(64)27-61)39(51)25-54(53(38,50)5)14-6-7-15-54/h12,26,30-31,33-35,37-46,61-67H,6-11,13-25,27-29,57H2,1-5H3,(H,58,59)(H,60,68)(H,69,70). The molecule has 72 heavy (non-hydrogen) atoms. The number of nitrogens with one attached hydrogen (secondary N) is 2. The number of ether oxygens (including phenoxy) is 2. The van der Waals surface area contributed by atoms with Crippen molar-refractivity contribution in [2.75, 3.05) is 26.4 Å². The molecule has 0 bridgehead atoms. The molecular formula is C56H88N4O12. The molecule has 1 amide bonds. The predicted molar refractivity (Wildman–Crippen MR) is 265 cm³/mol. The van der Waals surface area contributed by atoms with E-state index in [1.807, 2.05) is 13.1 Å². The molecular weight excluding hydrogens is 921 g/mol. The van der Waals surface area contributed by atoms with Crippen LogP contribution in [0.15, 0.2) is 24.2 Å². The maximum Gasteiger partial charge on any atom is 0.310 e. The van der Waals surface area contributed by atoms with Gasteiger partial charge in [0.1, 0.15) is 18.3 Å². The largest absolute Gasteiger partial charge is 0.481 e. The van der Waals surface area contributed by atoms with Crippen molar-refractivity contribution in [2.45, 2.75) is 205 Å². The van der Waals surface area contributed by atoms with E-state index in [4.69, 9.17) is 15.2 Å². The van der Waals surface area contributed by atoms with Crippen LogP contribution in [0.4, 0.5) is 0 Å². The first kappa shape index (κ1) is 52.9. The number of hydrogen-bond donors (Lipinski definition) is 11. The van der Waals surface area contributed by atoms with Crippen molar-refractivity contribution in [3.05, 3.63) is 29.9 Å². The van der Waals surface area contributed by atoms with Crippen LogP contribution in [-0.4, -0.2) is 138 Å². The minimum Gasteiger partial charge on any atom is -0.481 e. The summed E-state index contributed by atoms with van der Waals surface area (Å²) in [7, 11) is 0. The van der Waals surface area contributed by atoms with E-state index in [9.17, 15) is 50.4 Å². The summed E-state index contributed by atoms with van der Waals surface area (Å²) in [6, 6.07) is -0.339. The average Bonchev–Trinajstić information content (AvgIpc) is 4.21. The van der Waals surface area contributed by atoms with E-state index in [2.05, 4.69) is 49.1 Å². The Balaban J connectivity index is 1.19.